The molecule has 0 aliphatic heterocycles. The lowest BCUT2D eigenvalue weighted by molar-refractivity contribution is -0.934. The second-order valence-electron chi connectivity index (χ2n) is 10.6. The number of hydrogen-bond donors (Lipinski definition) is 3. The molecule has 3 N–H and O–H groups in total. The molecule has 0 fully saturated rings. The fraction of sp³-hybridized carbons (Fsp3) is 0.821. The molecule has 0 aromatic carbocycles. The Morgan fingerprint density at radius 2 is 0.943 bits per heavy atom. The lowest BCUT2D eigenvalue weighted by Gasteiger charge is -2.42. The maximum Gasteiger partial charge on any atom is 0.311 e. The van der Waals surface area contributed by atoms with E-state index in [1.807, 2.05) is 0 Å². The fourth-order valence-electron chi connectivity index (χ4n) is 4.82. The highest BCUT2D eigenvalue weighted by atomic mass is 16.4. The van der Waals surface area contributed by atoms with Crippen LogP contribution in [-0.4, -0.2) is 63.9 Å². The first kappa shape index (κ1) is 33.1. The Kier molecular flexibility index (Phi) is 18.3. The number of carbonyl (C=O) groups is 3. The van der Waals surface area contributed by atoms with Gasteiger partial charge in [0, 0.05) is 0 Å². The largest absolute Gasteiger partial charge is 0.481 e. The van der Waals surface area contributed by atoms with E-state index in [9.17, 15) is 29.7 Å². The normalized spacial score (nSPS) is 16.0. The van der Waals surface area contributed by atoms with E-state index < -0.39 is 35.7 Å². The number of carboxylic acids is 3. The highest BCUT2D eigenvalue weighted by molar-refractivity contribution is 5.70. The summed E-state index contributed by atoms with van der Waals surface area (Å²) < 4.78 is 0.211. The van der Waals surface area contributed by atoms with Gasteiger partial charge in [-0.3, -0.25) is 14.4 Å². The molecule has 0 amide bonds. The van der Waals surface area contributed by atoms with Crippen LogP contribution in [0.2, 0.25) is 0 Å². The summed E-state index contributed by atoms with van der Waals surface area (Å²) in [6.45, 7) is 8.38. The van der Waals surface area contributed by atoms with Crippen molar-refractivity contribution in [2.75, 3.05) is 26.2 Å². The predicted octanol–water partition coefficient (Wildman–Crippen LogP) is 6.22. The standard InChI is InChI=1S/C28H51NO6/c1-5-6-7-8-9-10-11-12-13-14-15-16-17-18-19-29(20-23(2)26(30)31,21-24(3)27(32)33)22-25(4)28(34)35/h13-14,23-25H,5-12,15-22H2,1-4H3,(H2-,30,31,32,33,34,35)/p+1/b14-13+. The molecule has 0 radical (unpaired) electrons. The number of rotatable bonds is 23. The maximum atomic E-state index is 11.6. The number of carboxylic acid groups (broad SMARTS) is 3. The van der Waals surface area contributed by atoms with Crippen LogP contribution in [-0.2, 0) is 14.4 Å². The number of allylic oxidation sites excluding steroid dienone is 2. The van der Waals surface area contributed by atoms with Crippen LogP contribution in [0.25, 0.3) is 0 Å². The summed E-state index contributed by atoms with van der Waals surface area (Å²) in [6, 6.07) is 0. The Morgan fingerprint density at radius 3 is 1.31 bits per heavy atom. The quantitative estimate of drug-likeness (QED) is 0.0875. The monoisotopic (exact) mass is 498 g/mol. The molecular formula is C28H52NO6+. The van der Waals surface area contributed by atoms with Gasteiger partial charge in [0.1, 0.15) is 17.8 Å². The predicted molar refractivity (Wildman–Crippen MR) is 140 cm³/mol. The van der Waals surface area contributed by atoms with E-state index in [2.05, 4.69) is 19.1 Å². The molecule has 3 unspecified atom stereocenters. The van der Waals surface area contributed by atoms with Crippen LogP contribution < -0.4 is 0 Å². The van der Waals surface area contributed by atoms with E-state index in [1.54, 1.807) is 20.8 Å². The van der Waals surface area contributed by atoms with Gasteiger partial charge in [0.2, 0.25) is 0 Å². The smallest absolute Gasteiger partial charge is 0.311 e. The van der Waals surface area contributed by atoms with E-state index in [0.717, 1.165) is 32.1 Å². The Morgan fingerprint density at radius 1 is 0.600 bits per heavy atom. The van der Waals surface area contributed by atoms with Crippen LogP contribution in [0.4, 0.5) is 0 Å². The third-order valence-corrected chi connectivity index (χ3v) is 6.89. The highest BCUT2D eigenvalue weighted by Crippen LogP contribution is 2.22. The minimum Gasteiger partial charge on any atom is -0.481 e. The van der Waals surface area contributed by atoms with Crippen molar-refractivity contribution in [3.63, 3.8) is 0 Å². The topological polar surface area (TPSA) is 112 Å². The van der Waals surface area contributed by atoms with E-state index in [-0.39, 0.29) is 24.1 Å². The molecule has 0 bridgehead atoms. The van der Waals surface area contributed by atoms with Gasteiger partial charge in [-0.2, -0.15) is 0 Å². The second-order valence-corrected chi connectivity index (χ2v) is 10.6. The average Bonchev–Trinajstić information content (AvgIpc) is 2.78. The number of quaternary nitrogens is 1. The minimum atomic E-state index is -0.940. The Hall–Kier alpha value is -1.89. The van der Waals surface area contributed by atoms with E-state index in [1.165, 1.54) is 44.9 Å². The Balaban J connectivity index is 4.73. The first-order valence-electron chi connectivity index (χ1n) is 13.7. The first-order chi connectivity index (χ1) is 16.5. The molecule has 7 nitrogen and oxygen atoms in total. The molecule has 0 saturated carbocycles. The van der Waals surface area contributed by atoms with Crippen molar-refractivity contribution in [2.45, 2.75) is 105 Å². The van der Waals surface area contributed by atoms with E-state index >= 15 is 0 Å². The molecule has 0 rings (SSSR count). The molecule has 0 aromatic rings. The van der Waals surface area contributed by atoms with Gasteiger partial charge >= 0.3 is 17.9 Å². The lowest BCUT2D eigenvalue weighted by Crippen LogP contribution is -2.57. The first-order valence-corrected chi connectivity index (χ1v) is 13.7. The molecule has 0 aliphatic carbocycles. The summed E-state index contributed by atoms with van der Waals surface area (Å²) in [7, 11) is 0. The molecule has 0 aliphatic rings. The van der Waals surface area contributed by atoms with Gasteiger partial charge in [0.25, 0.3) is 0 Å². The van der Waals surface area contributed by atoms with Gasteiger partial charge in [0.15, 0.2) is 0 Å². The van der Waals surface area contributed by atoms with Crippen molar-refractivity contribution in [2.24, 2.45) is 17.8 Å². The van der Waals surface area contributed by atoms with Crippen LogP contribution in [0.3, 0.4) is 0 Å². The molecule has 35 heavy (non-hydrogen) atoms. The Bertz CT molecular complexity index is 578. The second kappa shape index (κ2) is 19.3. The SMILES string of the molecule is CCCCCCCCC/C=C/CCCCC[N+](CC(C)C(=O)O)(CC(C)C(=O)O)CC(C)C(=O)O. The van der Waals surface area contributed by atoms with Crippen LogP contribution in [0.5, 0.6) is 0 Å². The van der Waals surface area contributed by atoms with Crippen LogP contribution in [0.1, 0.15) is 105 Å². The van der Waals surface area contributed by atoms with Gasteiger partial charge < -0.3 is 19.8 Å². The number of hydrogen-bond acceptors (Lipinski definition) is 3. The third-order valence-electron chi connectivity index (χ3n) is 6.89. The summed E-state index contributed by atoms with van der Waals surface area (Å²) in [4.78, 5) is 34.7. The molecule has 7 heteroatoms. The summed E-state index contributed by atoms with van der Waals surface area (Å²) in [5.74, 6) is -4.84. The van der Waals surface area contributed by atoms with Crippen molar-refractivity contribution in [1.29, 1.82) is 0 Å². The summed E-state index contributed by atoms with van der Waals surface area (Å²) >= 11 is 0. The van der Waals surface area contributed by atoms with Crippen LogP contribution in [0.15, 0.2) is 12.2 Å². The van der Waals surface area contributed by atoms with Gasteiger partial charge in [-0.05, 0) is 59.3 Å². The van der Waals surface area contributed by atoms with Crippen molar-refractivity contribution < 1.29 is 34.2 Å². The summed E-state index contributed by atoms with van der Waals surface area (Å²) in [6.07, 6.45) is 18.6. The van der Waals surface area contributed by atoms with Crippen LogP contribution in [0, 0.1) is 17.8 Å². The molecule has 0 spiro atoms. The summed E-state index contributed by atoms with van der Waals surface area (Å²) in [5, 5.41) is 28.4. The van der Waals surface area contributed by atoms with Crippen LogP contribution >= 0.6 is 0 Å². The van der Waals surface area contributed by atoms with Gasteiger partial charge in [-0.15, -0.1) is 0 Å². The molecular weight excluding hydrogens is 446 g/mol. The fourth-order valence-corrected chi connectivity index (χ4v) is 4.82. The van der Waals surface area contributed by atoms with E-state index in [0.29, 0.717) is 6.54 Å². The molecule has 0 heterocycles. The molecule has 0 aromatic heterocycles. The zero-order valence-electron chi connectivity index (χ0n) is 22.7. The van der Waals surface area contributed by atoms with Gasteiger partial charge in [-0.25, -0.2) is 0 Å². The zero-order chi connectivity index (χ0) is 26.7. The molecule has 0 saturated heterocycles. The number of nitrogens with zero attached hydrogens (tertiary/aromatic N) is 1. The number of aliphatic carboxylic acids is 3. The Labute approximate surface area is 213 Å². The average molecular weight is 499 g/mol. The van der Waals surface area contributed by atoms with Crippen molar-refractivity contribution in [3.8, 4) is 0 Å². The van der Waals surface area contributed by atoms with Gasteiger partial charge in [0.05, 0.1) is 26.2 Å². The van der Waals surface area contributed by atoms with E-state index in [4.69, 9.17) is 0 Å². The van der Waals surface area contributed by atoms with Crippen molar-refractivity contribution in [3.05, 3.63) is 12.2 Å². The number of unbranched alkanes of at least 4 members (excludes halogenated alkanes) is 10. The third kappa shape index (κ3) is 16.4. The maximum absolute atomic E-state index is 11.6. The lowest BCUT2D eigenvalue weighted by atomic mass is 10.0. The molecule has 3 atom stereocenters. The van der Waals surface area contributed by atoms with Crippen molar-refractivity contribution >= 4 is 17.9 Å². The van der Waals surface area contributed by atoms with Gasteiger partial charge in [-0.1, -0.05) is 57.6 Å². The minimum absolute atomic E-state index is 0.211. The highest BCUT2D eigenvalue weighted by Gasteiger charge is 2.38. The van der Waals surface area contributed by atoms with Crippen molar-refractivity contribution in [1.82, 2.24) is 0 Å². The molecule has 204 valence electrons. The summed E-state index contributed by atoms with van der Waals surface area (Å²) in [5.41, 5.74) is 0. The zero-order valence-corrected chi connectivity index (χ0v) is 22.7.